The summed E-state index contributed by atoms with van der Waals surface area (Å²) in [5.41, 5.74) is 1.06. The number of carbonyl (C=O) groups excluding carboxylic acids is 1. The van der Waals surface area contributed by atoms with Gasteiger partial charge < -0.3 is 10.6 Å². The highest BCUT2D eigenvalue weighted by Crippen LogP contribution is 2.26. The van der Waals surface area contributed by atoms with Crippen LogP contribution in [0.15, 0.2) is 30.3 Å². The van der Waals surface area contributed by atoms with E-state index in [0.717, 1.165) is 12.0 Å². The van der Waals surface area contributed by atoms with E-state index >= 15 is 0 Å². The molecule has 0 unspecified atom stereocenters. The number of carbonyl (C=O) groups is 1. The summed E-state index contributed by atoms with van der Waals surface area (Å²) in [5, 5.41) is 6.64. The van der Waals surface area contributed by atoms with Crippen LogP contribution in [-0.4, -0.2) is 48.7 Å². The summed E-state index contributed by atoms with van der Waals surface area (Å²) in [7, 11) is 0. The summed E-state index contributed by atoms with van der Waals surface area (Å²) in [4.78, 5) is 13.3. The Kier molecular flexibility index (Phi) is 5.64. The van der Waals surface area contributed by atoms with Gasteiger partial charge in [0.25, 0.3) is 0 Å². The van der Waals surface area contributed by atoms with Crippen LogP contribution in [0, 0.1) is 0 Å². The fourth-order valence-corrected chi connectivity index (χ4v) is 3.77. The molecule has 1 amide bonds. The lowest BCUT2D eigenvalue weighted by Gasteiger charge is -2.39. The number of benzene rings is 1. The Morgan fingerprint density at radius 3 is 2.44 bits per heavy atom. The van der Waals surface area contributed by atoms with Crippen LogP contribution in [0.3, 0.4) is 0 Å². The molecule has 2 aliphatic rings. The van der Waals surface area contributed by atoms with Gasteiger partial charge in [-0.1, -0.05) is 30.3 Å². The summed E-state index contributed by atoms with van der Waals surface area (Å²) < 4.78 is 37.5. The zero-order valence-corrected chi connectivity index (χ0v) is 14.1. The molecule has 2 atom stereocenters. The van der Waals surface area contributed by atoms with E-state index in [-0.39, 0.29) is 24.0 Å². The largest absolute Gasteiger partial charge is 0.401 e. The van der Waals surface area contributed by atoms with Crippen LogP contribution in [-0.2, 0) is 4.79 Å². The number of hydrogen-bond donors (Lipinski definition) is 2. The van der Waals surface area contributed by atoms with E-state index in [1.807, 2.05) is 30.3 Å². The van der Waals surface area contributed by atoms with Gasteiger partial charge in [0, 0.05) is 18.5 Å². The summed E-state index contributed by atoms with van der Waals surface area (Å²) in [6, 6.07) is 10.0. The van der Waals surface area contributed by atoms with Gasteiger partial charge in [0.15, 0.2) is 0 Å². The maximum atomic E-state index is 12.5. The molecule has 4 nitrogen and oxygen atoms in total. The number of hydrogen-bond acceptors (Lipinski definition) is 3. The number of amides is 1. The summed E-state index contributed by atoms with van der Waals surface area (Å²) in [5.74, 6) is 0.0481. The first-order valence-electron chi connectivity index (χ1n) is 8.80. The zero-order chi connectivity index (χ0) is 17.9. The van der Waals surface area contributed by atoms with Crippen molar-refractivity contribution in [3.63, 3.8) is 0 Å². The summed E-state index contributed by atoms with van der Waals surface area (Å²) >= 11 is 0. The number of rotatable bonds is 4. The van der Waals surface area contributed by atoms with Crippen LogP contribution in [0.2, 0.25) is 0 Å². The fraction of sp³-hybridized carbons (Fsp3) is 0.611. The first-order valence-corrected chi connectivity index (χ1v) is 8.80. The molecular formula is C18H24F3N3O. The van der Waals surface area contributed by atoms with Gasteiger partial charge >= 0.3 is 6.18 Å². The third kappa shape index (κ3) is 5.19. The SMILES string of the molecule is O=C1CC[C@@H](NC2CCN(CC(F)(F)F)CC2)[C@H](c2ccccc2)N1. The topological polar surface area (TPSA) is 44.4 Å². The average molecular weight is 355 g/mol. The van der Waals surface area contributed by atoms with Crippen molar-refractivity contribution in [2.45, 2.75) is 50.0 Å². The third-order valence-electron chi connectivity index (χ3n) is 5.00. The molecule has 0 spiro atoms. The van der Waals surface area contributed by atoms with Crippen molar-refractivity contribution in [1.82, 2.24) is 15.5 Å². The number of nitrogens with zero attached hydrogens (tertiary/aromatic N) is 1. The van der Waals surface area contributed by atoms with Gasteiger partial charge in [-0.25, -0.2) is 0 Å². The van der Waals surface area contributed by atoms with Crippen molar-refractivity contribution in [2.75, 3.05) is 19.6 Å². The highest BCUT2D eigenvalue weighted by atomic mass is 19.4. The Bertz CT molecular complexity index is 571. The highest BCUT2D eigenvalue weighted by Gasteiger charge is 2.35. The smallest absolute Gasteiger partial charge is 0.348 e. The molecule has 7 heteroatoms. The predicted octanol–water partition coefficient (Wildman–Crippen LogP) is 2.62. The van der Waals surface area contributed by atoms with Gasteiger partial charge in [-0.15, -0.1) is 0 Å². The molecule has 138 valence electrons. The summed E-state index contributed by atoms with van der Waals surface area (Å²) in [6.07, 6.45) is -1.52. The van der Waals surface area contributed by atoms with Crippen molar-refractivity contribution in [3.8, 4) is 0 Å². The van der Waals surface area contributed by atoms with Crippen molar-refractivity contribution < 1.29 is 18.0 Å². The lowest BCUT2D eigenvalue weighted by atomic mass is 9.90. The van der Waals surface area contributed by atoms with E-state index in [1.54, 1.807) is 0 Å². The minimum absolute atomic E-state index is 0.0481. The second-order valence-corrected chi connectivity index (χ2v) is 6.93. The molecule has 2 N–H and O–H groups in total. The molecule has 25 heavy (non-hydrogen) atoms. The number of alkyl halides is 3. The molecule has 0 bridgehead atoms. The fourth-order valence-electron chi connectivity index (χ4n) is 3.77. The molecule has 0 radical (unpaired) electrons. The van der Waals surface area contributed by atoms with Gasteiger partial charge in [0.1, 0.15) is 0 Å². The van der Waals surface area contributed by atoms with Gasteiger partial charge in [-0.05, 0) is 37.9 Å². The lowest BCUT2D eigenvalue weighted by Crippen LogP contribution is -2.54. The predicted molar refractivity (Wildman–Crippen MR) is 89.0 cm³/mol. The van der Waals surface area contributed by atoms with E-state index < -0.39 is 12.7 Å². The van der Waals surface area contributed by atoms with E-state index in [4.69, 9.17) is 0 Å². The maximum Gasteiger partial charge on any atom is 0.401 e. The summed E-state index contributed by atoms with van der Waals surface area (Å²) in [6.45, 7) is 0.0738. The van der Waals surface area contributed by atoms with Crippen LogP contribution in [0.1, 0.15) is 37.3 Å². The standard InChI is InChI=1S/C18H24F3N3O/c19-18(20,21)12-24-10-8-14(9-11-24)22-15-6-7-16(25)23-17(15)13-4-2-1-3-5-13/h1-5,14-15,17,22H,6-12H2,(H,23,25)/t15-,17+/m1/s1. The van der Waals surface area contributed by atoms with Gasteiger partial charge in [0.05, 0.1) is 12.6 Å². The van der Waals surface area contributed by atoms with Crippen molar-refractivity contribution >= 4 is 5.91 Å². The molecule has 0 saturated carbocycles. The van der Waals surface area contributed by atoms with Crippen LogP contribution in [0.5, 0.6) is 0 Å². The number of likely N-dealkylation sites (tertiary alicyclic amines) is 1. The molecular weight excluding hydrogens is 331 g/mol. The van der Waals surface area contributed by atoms with Crippen molar-refractivity contribution in [2.24, 2.45) is 0 Å². The molecule has 0 aliphatic carbocycles. The first-order chi connectivity index (χ1) is 11.9. The number of halogens is 3. The van der Waals surface area contributed by atoms with Crippen molar-refractivity contribution in [3.05, 3.63) is 35.9 Å². The van der Waals surface area contributed by atoms with Gasteiger partial charge in [0.2, 0.25) is 5.91 Å². The zero-order valence-electron chi connectivity index (χ0n) is 14.1. The van der Waals surface area contributed by atoms with Crippen molar-refractivity contribution in [1.29, 1.82) is 0 Å². The molecule has 2 heterocycles. The number of nitrogens with one attached hydrogen (secondary N) is 2. The molecule has 1 aromatic rings. The minimum atomic E-state index is -4.13. The second-order valence-electron chi connectivity index (χ2n) is 6.93. The normalized spacial score (nSPS) is 26.4. The Morgan fingerprint density at radius 1 is 1.12 bits per heavy atom. The first kappa shape index (κ1) is 18.2. The Hall–Kier alpha value is -1.60. The molecule has 2 saturated heterocycles. The van der Waals surface area contributed by atoms with Crippen LogP contribution >= 0.6 is 0 Å². The highest BCUT2D eigenvalue weighted by molar-refractivity contribution is 5.77. The third-order valence-corrected chi connectivity index (χ3v) is 5.00. The lowest BCUT2D eigenvalue weighted by molar-refractivity contribution is -0.148. The molecule has 1 aromatic carbocycles. The van der Waals surface area contributed by atoms with Gasteiger partial charge in [-0.3, -0.25) is 9.69 Å². The van der Waals surface area contributed by atoms with E-state index in [1.165, 1.54) is 4.90 Å². The molecule has 3 rings (SSSR count). The minimum Gasteiger partial charge on any atom is -0.348 e. The quantitative estimate of drug-likeness (QED) is 0.873. The number of piperidine rings is 2. The van der Waals surface area contributed by atoms with Crippen LogP contribution < -0.4 is 10.6 Å². The van der Waals surface area contributed by atoms with Crippen LogP contribution in [0.4, 0.5) is 13.2 Å². The molecule has 2 aliphatic heterocycles. The molecule has 0 aromatic heterocycles. The van der Waals surface area contributed by atoms with Gasteiger partial charge in [-0.2, -0.15) is 13.2 Å². The Morgan fingerprint density at radius 2 is 1.80 bits per heavy atom. The van der Waals surface area contributed by atoms with E-state index in [9.17, 15) is 18.0 Å². The average Bonchev–Trinajstić information content (AvgIpc) is 2.58. The van der Waals surface area contributed by atoms with Crippen LogP contribution in [0.25, 0.3) is 0 Å². The van der Waals surface area contributed by atoms with E-state index in [0.29, 0.717) is 32.4 Å². The Labute approximate surface area is 145 Å². The maximum absolute atomic E-state index is 12.5. The molecule has 2 fully saturated rings. The second kappa shape index (κ2) is 7.74. The monoisotopic (exact) mass is 355 g/mol. The van der Waals surface area contributed by atoms with E-state index in [2.05, 4.69) is 10.6 Å². The Balaban J connectivity index is 1.57.